The van der Waals surface area contributed by atoms with Crippen LogP contribution in [0, 0.1) is 11.8 Å². The van der Waals surface area contributed by atoms with Crippen LogP contribution < -0.4 is 15.4 Å². The number of carbonyl (C=O) groups is 2. The van der Waals surface area contributed by atoms with E-state index < -0.39 is 17.9 Å². The molecule has 1 fully saturated rings. The minimum absolute atomic E-state index is 0.00634. The van der Waals surface area contributed by atoms with Gasteiger partial charge in [-0.15, -0.1) is 0 Å². The van der Waals surface area contributed by atoms with Crippen molar-refractivity contribution in [3.63, 3.8) is 0 Å². The van der Waals surface area contributed by atoms with E-state index in [1.54, 1.807) is 20.2 Å². The Bertz CT molecular complexity index is 1430. The Balaban J connectivity index is 1.46. The highest BCUT2D eigenvalue weighted by molar-refractivity contribution is 6.30. The third-order valence-corrected chi connectivity index (χ3v) is 10.6. The first-order valence-electron chi connectivity index (χ1n) is 15.4. The Kier molecular flexibility index (Phi) is 8.22. The van der Waals surface area contributed by atoms with Crippen molar-refractivity contribution in [2.75, 3.05) is 45.3 Å². The Hall–Kier alpha value is -3.07. The predicted octanol–water partition coefficient (Wildman–Crippen LogP) is 4.34. The molecule has 4 aliphatic rings. The van der Waals surface area contributed by atoms with Crippen LogP contribution in [0.4, 0.5) is 5.69 Å². The smallest absolute Gasteiger partial charge is 0.254 e. The van der Waals surface area contributed by atoms with Gasteiger partial charge in [0.25, 0.3) is 5.91 Å². The van der Waals surface area contributed by atoms with Gasteiger partial charge in [-0.3, -0.25) is 9.59 Å². The molecule has 2 heterocycles. The highest BCUT2D eigenvalue weighted by Gasteiger charge is 2.46. The fourth-order valence-corrected chi connectivity index (χ4v) is 7.81. The van der Waals surface area contributed by atoms with Gasteiger partial charge in [-0.25, -0.2) is 0 Å². The number of nitrogens with two attached hydrogens (primary N) is 1. The zero-order chi connectivity index (χ0) is 30.4. The van der Waals surface area contributed by atoms with Gasteiger partial charge < -0.3 is 30.1 Å². The van der Waals surface area contributed by atoms with Gasteiger partial charge in [-0.05, 0) is 91.3 Å². The monoisotopic (exact) mass is 607 g/mol. The number of hydrogen-bond donors (Lipinski definition) is 2. The minimum atomic E-state index is -2.16. The third-order valence-electron chi connectivity index (χ3n) is 10.3. The SMILES string of the molecule is CO[C@H]1/C=C/CCN(C)C(=O)C[C@](O)(C(N)=O)c2ccc3c(c2)N(C[C@@H]2CC[C@H]21)C[C@@]1(CCCc2cc(Cl)ccc21)CO3. The van der Waals surface area contributed by atoms with E-state index in [0.717, 1.165) is 49.4 Å². The molecule has 230 valence electrons. The summed E-state index contributed by atoms with van der Waals surface area (Å²) in [6.45, 7) is 2.45. The Morgan fingerprint density at radius 1 is 1.21 bits per heavy atom. The molecule has 6 rings (SSSR count). The summed E-state index contributed by atoms with van der Waals surface area (Å²) >= 11 is 6.42. The molecule has 0 saturated heterocycles. The number of primary amides is 1. The van der Waals surface area contributed by atoms with E-state index in [1.807, 2.05) is 18.2 Å². The van der Waals surface area contributed by atoms with E-state index in [0.29, 0.717) is 49.3 Å². The Morgan fingerprint density at radius 3 is 2.79 bits per heavy atom. The highest BCUT2D eigenvalue weighted by Crippen LogP contribution is 2.47. The van der Waals surface area contributed by atoms with E-state index in [1.165, 1.54) is 16.0 Å². The molecule has 0 radical (unpaired) electrons. The molecule has 2 bridgehead atoms. The maximum Gasteiger partial charge on any atom is 0.254 e. The molecule has 2 aromatic carbocycles. The Morgan fingerprint density at radius 2 is 2.05 bits per heavy atom. The molecule has 9 heteroatoms. The number of halogens is 1. The number of carbonyl (C=O) groups excluding carboxylic acids is 2. The van der Waals surface area contributed by atoms with E-state index in [9.17, 15) is 14.7 Å². The number of nitrogens with zero attached hydrogens (tertiary/aromatic N) is 2. The number of aryl methyl sites for hydroxylation is 1. The van der Waals surface area contributed by atoms with Crippen LogP contribution in [-0.2, 0) is 31.8 Å². The highest BCUT2D eigenvalue weighted by atomic mass is 35.5. The number of aliphatic hydroxyl groups is 1. The van der Waals surface area contributed by atoms with Crippen molar-refractivity contribution in [2.45, 2.75) is 62.1 Å². The van der Waals surface area contributed by atoms with Crippen LogP contribution >= 0.6 is 11.6 Å². The van der Waals surface area contributed by atoms with Gasteiger partial charge in [-0.2, -0.15) is 0 Å². The van der Waals surface area contributed by atoms with Crippen LogP contribution in [0.25, 0.3) is 0 Å². The summed E-state index contributed by atoms with van der Waals surface area (Å²) in [6.07, 6.45) is 9.55. The second kappa shape index (κ2) is 11.8. The molecular weight excluding hydrogens is 566 g/mol. The van der Waals surface area contributed by atoms with Crippen LogP contribution in [0.1, 0.15) is 55.2 Å². The molecule has 2 aliphatic carbocycles. The summed E-state index contributed by atoms with van der Waals surface area (Å²) < 4.78 is 12.6. The summed E-state index contributed by atoms with van der Waals surface area (Å²) in [5.74, 6) is 0.135. The lowest BCUT2D eigenvalue weighted by Gasteiger charge is -2.46. The maximum absolute atomic E-state index is 13.2. The van der Waals surface area contributed by atoms with Gasteiger partial charge in [0.15, 0.2) is 5.60 Å². The predicted molar refractivity (Wildman–Crippen MR) is 166 cm³/mol. The summed E-state index contributed by atoms with van der Waals surface area (Å²) in [7, 11) is 3.45. The fourth-order valence-electron chi connectivity index (χ4n) is 7.61. The molecule has 5 atom stereocenters. The van der Waals surface area contributed by atoms with Crippen molar-refractivity contribution in [3.05, 3.63) is 70.3 Å². The van der Waals surface area contributed by atoms with Crippen molar-refractivity contribution in [1.29, 1.82) is 0 Å². The van der Waals surface area contributed by atoms with Gasteiger partial charge in [0.1, 0.15) is 5.75 Å². The van der Waals surface area contributed by atoms with Crippen LogP contribution in [0.15, 0.2) is 48.6 Å². The zero-order valence-electron chi connectivity index (χ0n) is 25.1. The minimum Gasteiger partial charge on any atom is -0.490 e. The van der Waals surface area contributed by atoms with Crippen LogP contribution in [0.5, 0.6) is 5.75 Å². The topological polar surface area (TPSA) is 105 Å². The van der Waals surface area contributed by atoms with Crippen LogP contribution in [0.3, 0.4) is 0 Å². The number of ether oxygens (including phenoxy) is 2. The lowest BCUT2D eigenvalue weighted by atomic mass is 9.68. The average molecular weight is 608 g/mol. The quantitative estimate of drug-likeness (QED) is 0.492. The fraction of sp³-hybridized carbons (Fsp3) is 0.529. The number of hydrogen-bond acceptors (Lipinski definition) is 6. The van der Waals surface area contributed by atoms with E-state index in [-0.39, 0.29) is 17.4 Å². The van der Waals surface area contributed by atoms with Crippen LogP contribution in [-0.4, -0.2) is 68.3 Å². The number of rotatable bonds is 2. The average Bonchev–Trinajstić information content (AvgIpc) is 3.12. The van der Waals surface area contributed by atoms with E-state index in [4.69, 9.17) is 26.8 Å². The van der Waals surface area contributed by atoms with Crippen molar-refractivity contribution >= 4 is 29.1 Å². The normalized spacial score (nSPS) is 31.7. The summed E-state index contributed by atoms with van der Waals surface area (Å²) in [6, 6.07) is 11.5. The molecule has 0 unspecified atom stereocenters. The maximum atomic E-state index is 13.2. The number of fused-ring (bicyclic) bond motifs is 4. The second-order valence-electron chi connectivity index (χ2n) is 12.9. The van der Waals surface area contributed by atoms with Crippen molar-refractivity contribution in [3.8, 4) is 5.75 Å². The molecule has 2 aromatic rings. The third kappa shape index (κ3) is 5.54. The summed E-state index contributed by atoms with van der Waals surface area (Å²) in [5, 5.41) is 12.4. The number of benzene rings is 2. The zero-order valence-corrected chi connectivity index (χ0v) is 25.8. The van der Waals surface area contributed by atoms with Gasteiger partial charge in [0.2, 0.25) is 5.91 Å². The first-order valence-corrected chi connectivity index (χ1v) is 15.8. The van der Waals surface area contributed by atoms with Gasteiger partial charge in [0.05, 0.1) is 24.8 Å². The molecule has 8 nitrogen and oxygen atoms in total. The van der Waals surface area contributed by atoms with Gasteiger partial charge in [-0.1, -0.05) is 35.9 Å². The van der Waals surface area contributed by atoms with Gasteiger partial charge in [0, 0.05) is 44.2 Å². The standard InChI is InChI=1S/C34H42ClN3O5/c1-37-15-4-3-7-29(42-2)26-11-8-23(26)19-38-20-33(14-5-6-22-16-25(35)10-12-27(22)33)21-43-30-13-9-24(17-28(30)38)34(41,32(36)40)18-31(37)39/h3,7,9-10,12-13,16-17,23,26,29,41H,4-6,8,11,14-15,18-21H2,1-2H3,(H2,36,40)/b7-3+/t23-,26+,29-,33-,34+/m0/s1. The molecule has 2 amide bonds. The van der Waals surface area contributed by atoms with Crippen molar-refractivity contribution < 1.29 is 24.2 Å². The number of methoxy groups -OCH3 is 1. The molecule has 2 aliphatic heterocycles. The molecule has 3 N–H and O–H groups in total. The molecular formula is C34H42ClN3O5. The lowest BCUT2D eigenvalue weighted by molar-refractivity contribution is -0.147. The molecule has 1 saturated carbocycles. The van der Waals surface area contributed by atoms with Gasteiger partial charge >= 0.3 is 0 Å². The Labute approximate surface area is 258 Å². The first-order chi connectivity index (χ1) is 20.6. The van der Waals surface area contributed by atoms with E-state index >= 15 is 0 Å². The van der Waals surface area contributed by atoms with Crippen molar-refractivity contribution in [2.24, 2.45) is 17.6 Å². The molecule has 1 spiro atoms. The molecule has 43 heavy (non-hydrogen) atoms. The number of amides is 2. The second-order valence-corrected chi connectivity index (χ2v) is 13.4. The van der Waals surface area contributed by atoms with E-state index in [2.05, 4.69) is 29.2 Å². The van der Waals surface area contributed by atoms with Crippen molar-refractivity contribution in [1.82, 2.24) is 4.90 Å². The summed E-state index contributed by atoms with van der Waals surface area (Å²) in [4.78, 5) is 29.9. The largest absolute Gasteiger partial charge is 0.490 e. The number of anilines is 1. The first kappa shape index (κ1) is 30.0. The molecule has 0 aromatic heterocycles. The summed E-state index contributed by atoms with van der Waals surface area (Å²) in [5.41, 5.74) is 7.03. The van der Waals surface area contributed by atoms with Crippen LogP contribution in [0.2, 0.25) is 5.02 Å². The lowest BCUT2D eigenvalue weighted by Crippen LogP contribution is -2.49.